The lowest BCUT2D eigenvalue weighted by atomic mass is 10.2. The van der Waals surface area contributed by atoms with Gasteiger partial charge in [-0.2, -0.15) is 0 Å². The van der Waals surface area contributed by atoms with Crippen molar-refractivity contribution in [1.29, 1.82) is 0 Å². The van der Waals surface area contributed by atoms with Gasteiger partial charge in [0.05, 0.1) is 22.9 Å². The summed E-state index contributed by atoms with van der Waals surface area (Å²) in [6, 6.07) is 13.8. The number of halogens is 3. The van der Waals surface area contributed by atoms with Crippen LogP contribution in [0.5, 0.6) is 0 Å². The Labute approximate surface area is 239 Å². The number of amides is 2. The van der Waals surface area contributed by atoms with Crippen LogP contribution in [-0.2, 0) is 4.74 Å². The van der Waals surface area contributed by atoms with Crippen LogP contribution in [0.25, 0.3) is 21.6 Å². The minimum atomic E-state index is -0.360. The number of carbonyl (C=O) groups is 1. The summed E-state index contributed by atoms with van der Waals surface area (Å²) in [5.41, 5.74) is 2.66. The van der Waals surface area contributed by atoms with Crippen LogP contribution in [0.1, 0.15) is 6.42 Å². The fourth-order valence-corrected chi connectivity index (χ4v) is 5.62. The molecule has 1 saturated heterocycles. The molecular formula is C26H25Cl3N6O2S. The van der Waals surface area contributed by atoms with Crippen molar-refractivity contribution in [2.75, 3.05) is 55.3 Å². The number of hydrogen-bond acceptors (Lipinski definition) is 7. The van der Waals surface area contributed by atoms with E-state index in [4.69, 9.17) is 49.5 Å². The summed E-state index contributed by atoms with van der Waals surface area (Å²) in [6.45, 7) is 5.25. The Balaban J connectivity index is 1.28. The highest BCUT2D eigenvalue weighted by Gasteiger charge is 2.18. The van der Waals surface area contributed by atoms with Gasteiger partial charge in [0.15, 0.2) is 5.82 Å². The lowest BCUT2D eigenvalue weighted by molar-refractivity contribution is 0.0378. The average Bonchev–Trinajstić information content (AvgIpc) is 3.22. The van der Waals surface area contributed by atoms with Crippen molar-refractivity contribution in [3.63, 3.8) is 0 Å². The molecule has 0 aliphatic carbocycles. The van der Waals surface area contributed by atoms with Crippen molar-refractivity contribution >= 4 is 79.6 Å². The van der Waals surface area contributed by atoms with E-state index in [9.17, 15) is 4.79 Å². The van der Waals surface area contributed by atoms with Crippen molar-refractivity contribution in [2.24, 2.45) is 0 Å². The predicted octanol–water partition coefficient (Wildman–Crippen LogP) is 7.10. The number of anilines is 3. The standard InChI is InChI=1S/C26H25Cl3N6O2S/c27-17-4-8-19(9-5-17)32-26(36)31-18-6-2-16(3-7-18)24-33-21-20(28)23(29)38-22(21)25(34-24)30-10-1-11-35-12-14-37-15-13-35/h2-9H,1,10-15H2,(H,30,33,34)(H2,31,32,36). The highest BCUT2D eigenvalue weighted by Crippen LogP contribution is 2.41. The molecule has 12 heteroatoms. The summed E-state index contributed by atoms with van der Waals surface area (Å²) in [7, 11) is 0. The van der Waals surface area contributed by atoms with Gasteiger partial charge in [0.2, 0.25) is 0 Å². The highest BCUT2D eigenvalue weighted by molar-refractivity contribution is 7.24. The van der Waals surface area contributed by atoms with Crippen LogP contribution in [0.2, 0.25) is 14.4 Å². The molecule has 1 aliphatic rings. The minimum absolute atomic E-state index is 0.360. The second-order valence-corrected chi connectivity index (χ2v) is 11.1. The number of thiophene rings is 1. The molecule has 5 rings (SSSR count). The number of hydrogen-bond donors (Lipinski definition) is 3. The number of carbonyl (C=O) groups excluding carboxylic acids is 1. The zero-order chi connectivity index (χ0) is 26.5. The third kappa shape index (κ3) is 6.66. The SMILES string of the molecule is O=C(Nc1ccc(Cl)cc1)Nc1ccc(-c2nc(NCCCN3CCOCC3)c3sc(Cl)c(Cl)c3n2)cc1. The maximum atomic E-state index is 12.4. The van der Waals surface area contributed by atoms with Crippen LogP contribution in [0.4, 0.5) is 22.0 Å². The number of rotatable bonds is 8. The van der Waals surface area contributed by atoms with Gasteiger partial charge in [0.1, 0.15) is 15.7 Å². The average molecular weight is 592 g/mol. The quantitative estimate of drug-likeness (QED) is 0.189. The molecule has 38 heavy (non-hydrogen) atoms. The van der Waals surface area contributed by atoms with Crippen molar-refractivity contribution in [2.45, 2.75) is 6.42 Å². The summed E-state index contributed by atoms with van der Waals surface area (Å²) in [5.74, 6) is 1.22. The molecule has 0 saturated carbocycles. The lowest BCUT2D eigenvalue weighted by Crippen LogP contribution is -2.37. The number of fused-ring (bicyclic) bond motifs is 1. The molecule has 198 valence electrons. The van der Waals surface area contributed by atoms with E-state index < -0.39 is 0 Å². The van der Waals surface area contributed by atoms with Gasteiger partial charge in [-0.15, -0.1) is 11.3 Å². The number of morpholine rings is 1. The van der Waals surface area contributed by atoms with E-state index in [1.165, 1.54) is 11.3 Å². The molecule has 0 bridgehead atoms. The molecule has 4 aromatic rings. The summed E-state index contributed by atoms with van der Waals surface area (Å²) < 4.78 is 6.73. The van der Waals surface area contributed by atoms with Gasteiger partial charge in [-0.25, -0.2) is 14.8 Å². The molecule has 3 N–H and O–H groups in total. The van der Waals surface area contributed by atoms with Gasteiger partial charge in [-0.1, -0.05) is 34.8 Å². The zero-order valence-corrected chi connectivity index (χ0v) is 23.4. The Hall–Kier alpha value is -2.66. The van der Waals surface area contributed by atoms with Gasteiger partial charge in [0, 0.05) is 41.6 Å². The molecule has 0 radical (unpaired) electrons. The number of benzene rings is 2. The lowest BCUT2D eigenvalue weighted by Gasteiger charge is -2.26. The van der Waals surface area contributed by atoms with Crippen LogP contribution in [0.15, 0.2) is 48.5 Å². The Bertz CT molecular complexity index is 1410. The number of aromatic nitrogens is 2. The normalized spacial score (nSPS) is 14.0. The molecule has 0 spiro atoms. The third-order valence-electron chi connectivity index (χ3n) is 5.99. The number of nitrogens with one attached hydrogen (secondary N) is 3. The molecule has 8 nitrogen and oxygen atoms in total. The zero-order valence-electron chi connectivity index (χ0n) is 20.3. The smallest absolute Gasteiger partial charge is 0.323 e. The molecule has 0 atom stereocenters. The Morgan fingerprint density at radius 1 is 0.947 bits per heavy atom. The van der Waals surface area contributed by atoms with Crippen LogP contribution >= 0.6 is 46.1 Å². The number of ether oxygens (including phenoxy) is 1. The van der Waals surface area contributed by atoms with E-state index in [2.05, 4.69) is 20.9 Å². The van der Waals surface area contributed by atoms with Crippen LogP contribution in [-0.4, -0.2) is 60.3 Å². The monoisotopic (exact) mass is 590 g/mol. The van der Waals surface area contributed by atoms with Crippen molar-refractivity contribution in [3.05, 3.63) is 62.9 Å². The second kappa shape index (κ2) is 12.5. The van der Waals surface area contributed by atoms with Crippen molar-refractivity contribution in [1.82, 2.24) is 14.9 Å². The summed E-state index contributed by atoms with van der Waals surface area (Å²) in [5, 5.41) is 10.1. The summed E-state index contributed by atoms with van der Waals surface area (Å²) >= 11 is 20.1. The maximum Gasteiger partial charge on any atom is 0.323 e. The molecular weight excluding hydrogens is 567 g/mol. The van der Waals surface area contributed by atoms with Gasteiger partial charge >= 0.3 is 6.03 Å². The van der Waals surface area contributed by atoms with Crippen LogP contribution in [0, 0.1) is 0 Å². The van der Waals surface area contributed by atoms with Gasteiger partial charge in [-0.05, 0) is 61.5 Å². The molecule has 2 aromatic carbocycles. The summed E-state index contributed by atoms with van der Waals surface area (Å²) in [4.78, 5) is 24.2. The Morgan fingerprint density at radius 3 is 2.29 bits per heavy atom. The summed E-state index contributed by atoms with van der Waals surface area (Å²) in [6.07, 6.45) is 0.964. The predicted molar refractivity (Wildman–Crippen MR) is 157 cm³/mol. The maximum absolute atomic E-state index is 12.4. The molecule has 2 aromatic heterocycles. The minimum Gasteiger partial charge on any atom is -0.379 e. The van der Waals surface area contributed by atoms with Crippen molar-refractivity contribution < 1.29 is 9.53 Å². The molecule has 3 heterocycles. The van der Waals surface area contributed by atoms with E-state index in [0.717, 1.165) is 56.1 Å². The van der Waals surface area contributed by atoms with Crippen molar-refractivity contribution in [3.8, 4) is 11.4 Å². The number of nitrogens with zero attached hydrogens (tertiary/aromatic N) is 3. The Morgan fingerprint density at radius 2 is 1.61 bits per heavy atom. The van der Waals surface area contributed by atoms with E-state index >= 15 is 0 Å². The van der Waals surface area contributed by atoms with Gasteiger partial charge < -0.3 is 20.7 Å². The van der Waals surface area contributed by atoms with E-state index in [1.807, 2.05) is 12.1 Å². The largest absolute Gasteiger partial charge is 0.379 e. The van der Waals surface area contributed by atoms with Crippen LogP contribution < -0.4 is 16.0 Å². The first-order chi connectivity index (χ1) is 18.5. The van der Waals surface area contributed by atoms with Gasteiger partial charge in [-0.3, -0.25) is 4.90 Å². The fourth-order valence-electron chi connectivity index (χ4n) is 4.04. The molecule has 1 aliphatic heterocycles. The molecule has 2 amide bonds. The first-order valence-corrected chi connectivity index (χ1v) is 14.0. The number of urea groups is 1. The van der Waals surface area contributed by atoms with Gasteiger partial charge in [0.25, 0.3) is 0 Å². The fraction of sp³-hybridized carbons (Fsp3) is 0.269. The Kier molecular flexibility index (Phi) is 8.83. The first kappa shape index (κ1) is 26.9. The highest BCUT2D eigenvalue weighted by atomic mass is 35.5. The third-order valence-corrected chi connectivity index (χ3v) is 8.21. The van der Waals surface area contributed by atoms with E-state index in [0.29, 0.717) is 42.9 Å². The topological polar surface area (TPSA) is 91.4 Å². The molecule has 1 fully saturated rings. The second-order valence-electron chi connectivity index (χ2n) is 8.66. The van der Waals surface area contributed by atoms with E-state index in [-0.39, 0.29) is 6.03 Å². The van der Waals surface area contributed by atoms with E-state index in [1.54, 1.807) is 36.4 Å². The first-order valence-electron chi connectivity index (χ1n) is 12.1. The molecule has 0 unspecified atom stereocenters. The van der Waals surface area contributed by atoms with Crippen LogP contribution in [0.3, 0.4) is 0 Å².